The van der Waals surface area contributed by atoms with Crippen molar-refractivity contribution in [3.8, 4) is 22.8 Å². The molecule has 7 rings (SSSR count). The van der Waals surface area contributed by atoms with Crippen LogP contribution in [0.4, 0.5) is 14.5 Å². The predicted octanol–water partition coefficient (Wildman–Crippen LogP) is 3.91. The fraction of sp³-hybridized carbons (Fsp3) is 0.208. The van der Waals surface area contributed by atoms with Crippen molar-refractivity contribution >= 4 is 44.2 Å². The van der Waals surface area contributed by atoms with Crippen molar-refractivity contribution in [2.45, 2.75) is 31.7 Å². The second kappa shape index (κ2) is 7.80. The van der Waals surface area contributed by atoms with Gasteiger partial charge in [0.15, 0.2) is 11.5 Å². The van der Waals surface area contributed by atoms with E-state index in [1.165, 1.54) is 40.8 Å². The van der Waals surface area contributed by atoms with Crippen molar-refractivity contribution in [2.75, 3.05) is 4.90 Å². The zero-order valence-electron chi connectivity index (χ0n) is 18.9. The molecule has 1 N–H and O–H groups in total. The lowest BCUT2D eigenvalue weighted by Gasteiger charge is -2.23. The average molecular weight is 522 g/mol. The number of nitrogens with zero attached hydrogens (tertiary/aromatic N) is 5. The van der Waals surface area contributed by atoms with Crippen molar-refractivity contribution in [3.05, 3.63) is 58.6 Å². The number of anilines is 1. The Bertz CT molecular complexity index is 1780. The Balaban J connectivity index is 1.26. The lowest BCUT2D eigenvalue weighted by molar-refractivity contribution is -0.286. The number of alkyl halides is 2. The number of amides is 1. The highest BCUT2D eigenvalue weighted by Crippen LogP contribution is 2.44. The van der Waals surface area contributed by atoms with Gasteiger partial charge in [0.05, 0.1) is 22.1 Å². The third-order valence-electron chi connectivity index (χ3n) is 6.27. The van der Waals surface area contributed by atoms with E-state index in [1.807, 2.05) is 18.2 Å². The van der Waals surface area contributed by atoms with E-state index < -0.39 is 17.8 Å². The molecular formula is C24H16F2N6O4S. The number of imidazole rings is 1. The van der Waals surface area contributed by atoms with E-state index in [0.717, 1.165) is 27.7 Å². The number of H-pyrrole nitrogens is 1. The first-order chi connectivity index (χ1) is 17.9. The number of rotatable bonds is 5. The summed E-state index contributed by atoms with van der Waals surface area (Å²) in [5.41, 5.74) is 4.15. The summed E-state index contributed by atoms with van der Waals surface area (Å²) < 4.78 is 38.1. The fourth-order valence-corrected chi connectivity index (χ4v) is 5.13. The Morgan fingerprint density at radius 3 is 2.84 bits per heavy atom. The van der Waals surface area contributed by atoms with Gasteiger partial charge in [-0.1, -0.05) is 6.07 Å². The van der Waals surface area contributed by atoms with E-state index in [9.17, 15) is 18.4 Å². The third kappa shape index (κ3) is 3.69. The standard InChI is InChI=1S/C24H16F2N6O4S/c25-24(26)35-16-5-4-14(8-17(16)36-24)32(13-2-3-13)19(33)9-31-23(34)22-21(27-10-28-22)20(30-31)12-1-6-18-15(7-12)29-11-37-18/h1,4-8,10-11,13H,2-3,9H2,(H,27,28). The van der Waals surface area contributed by atoms with Crippen LogP contribution in [-0.4, -0.2) is 43.0 Å². The molecule has 5 aromatic rings. The highest BCUT2D eigenvalue weighted by atomic mass is 32.1. The average Bonchev–Trinajstić information content (AvgIpc) is 3.26. The predicted molar refractivity (Wildman–Crippen MR) is 130 cm³/mol. The van der Waals surface area contributed by atoms with Gasteiger partial charge in [-0.25, -0.2) is 14.6 Å². The number of hydrogen-bond donors (Lipinski definition) is 1. The van der Waals surface area contributed by atoms with Gasteiger partial charge >= 0.3 is 6.29 Å². The molecule has 1 fully saturated rings. The van der Waals surface area contributed by atoms with Crippen LogP contribution in [0.5, 0.6) is 11.5 Å². The van der Waals surface area contributed by atoms with Gasteiger partial charge in [-0.2, -0.15) is 5.10 Å². The van der Waals surface area contributed by atoms with Crippen LogP contribution in [0.2, 0.25) is 0 Å². The Kier molecular flexibility index (Phi) is 4.61. The van der Waals surface area contributed by atoms with Crippen molar-refractivity contribution < 1.29 is 23.0 Å². The van der Waals surface area contributed by atoms with Gasteiger partial charge in [0, 0.05) is 23.4 Å². The van der Waals surface area contributed by atoms with Crippen molar-refractivity contribution in [2.24, 2.45) is 0 Å². The van der Waals surface area contributed by atoms with Gasteiger partial charge in [-0.3, -0.25) is 9.59 Å². The molecule has 0 atom stereocenters. The summed E-state index contributed by atoms with van der Waals surface area (Å²) in [5.74, 6) is -0.682. The number of fused-ring (bicyclic) bond motifs is 3. The summed E-state index contributed by atoms with van der Waals surface area (Å²) >= 11 is 1.51. The van der Waals surface area contributed by atoms with Crippen LogP contribution in [0, 0.1) is 0 Å². The summed E-state index contributed by atoms with van der Waals surface area (Å²) in [4.78, 5) is 39.7. The number of carbonyl (C=O) groups excluding carboxylic acids is 1. The molecule has 0 radical (unpaired) electrons. The number of aromatic amines is 1. The van der Waals surface area contributed by atoms with Crippen LogP contribution in [0.15, 0.2) is 53.0 Å². The number of ether oxygens (including phenoxy) is 2. The molecule has 10 nitrogen and oxygen atoms in total. The highest BCUT2D eigenvalue weighted by molar-refractivity contribution is 7.16. The molecular weight excluding hydrogens is 506 g/mol. The van der Waals surface area contributed by atoms with E-state index >= 15 is 0 Å². The molecule has 3 aromatic heterocycles. The Labute approximate surface area is 210 Å². The maximum Gasteiger partial charge on any atom is 0.586 e. The molecule has 1 aliphatic carbocycles. The maximum absolute atomic E-state index is 13.5. The molecule has 13 heteroatoms. The van der Waals surface area contributed by atoms with Crippen molar-refractivity contribution in [3.63, 3.8) is 0 Å². The number of benzene rings is 2. The minimum absolute atomic E-state index is 0.110. The number of hydrogen-bond acceptors (Lipinski definition) is 8. The number of aromatic nitrogens is 5. The van der Waals surface area contributed by atoms with Crippen molar-refractivity contribution in [1.29, 1.82) is 0 Å². The molecule has 1 saturated carbocycles. The fourth-order valence-electron chi connectivity index (χ4n) is 4.47. The van der Waals surface area contributed by atoms with Gasteiger partial charge in [-0.05, 0) is 37.1 Å². The molecule has 186 valence electrons. The molecule has 0 unspecified atom stereocenters. The zero-order valence-corrected chi connectivity index (χ0v) is 19.7. The minimum atomic E-state index is -3.76. The number of thiazole rings is 1. The Hall–Kier alpha value is -4.39. The van der Waals surface area contributed by atoms with Crippen LogP contribution in [0.25, 0.3) is 32.5 Å². The summed E-state index contributed by atoms with van der Waals surface area (Å²) in [6.07, 6.45) is -0.859. The van der Waals surface area contributed by atoms with E-state index in [0.29, 0.717) is 22.5 Å². The van der Waals surface area contributed by atoms with Crippen LogP contribution >= 0.6 is 11.3 Å². The molecule has 1 aliphatic heterocycles. The van der Waals surface area contributed by atoms with Crippen LogP contribution in [-0.2, 0) is 11.3 Å². The lowest BCUT2D eigenvalue weighted by Crippen LogP contribution is -2.39. The Morgan fingerprint density at radius 1 is 1.16 bits per heavy atom. The second-order valence-corrected chi connectivity index (χ2v) is 9.65. The molecule has 2 aromatic carbocycles. The van der Waals surface area contributed by atoms with Gasteiger partial charge in [0.1, 0.15) is 23.3 Å². The highest BCUT2D eigenvalue weighted by Gasteiger charge is 2.44. The van der Waals surface area contributed by atoms with Gasteiger partial charge in [0.2, 0.25) is 5.91 Å². The molecule has 0 spiro atoms. The van der Waals surface area contributed by atoms with E-state index in [-0.39, 0.29) is 29.6 Å². The first-order valence-electron chi connectivity index (χ1n) is 11.4. The third-order valence-corrected chi connectivity index (χ3v) is 7.08. The largest absolute Gasteiger partial charge is 0.586 e. The smallest absolute Gasteiger partial charge is 0.395 e. The number of halogens is 2. The molecule has 1 amide bonds. The number of carbonyl (C=O) groups is 1. The first kappa shape index (κ1) is 21.9. The minimum Gasteiger partial charge on any atom is -0.395 e. The van der Waals surface area contributed by atoms with Gasteiger partial charge in [0.25, 0.3) is 5.56 Å². The molecule has 4 heterocycles. The van der Waals surface area contributed by atoms with Crippen LogP contribution < -0.4 is 19.9 Å². The summed E-state index contributed by atoms with van der Waals surface area (Å²) in [6.45, 7) is -0.360. The lowest BCUT2D eigenvalue weighted by atomic mass is 10.1. The van der Waals surface area contributed by atoms with Crippen molar-refractivity contribution in [1.82, 2.24) is 24.7 Å². The molecule has 37 heavy (non-hydrogen) atoms. The normalized spacial score (nSPS) is 15.9. The van der Waals surface area contributed by atoms with E-state index in [4.69, 9.17) is 0 Å². The quantitative estimate of drug-likeness (QED) is 0.372. The summed E-state index contributed by atoms with van der Waals surface area (Å²) in [6, 6.07) is 9.72. The summed E-state index contributed by atoms with van der Waals surface area (Å²) in [7, 11) is 0. The summed E-state index contributed by atoms with van der Waals surface area (Å²) in [5, 5.41) is 4.51. The topological polar surface area (TPSA) is 115 Å². The zero-order chi connectivity index (χ0) is 25.3. The number of nitrogens with one attached hydrogen (secondary N) is 1. The van der Waals surface area contributed by atoms with Crippen LogP contribution in [0.3, 0.4) is 0 Å². The van der Waals surface area contributed by atoms with E-state index in [1.54, 1.807) is 5.51 Å². The Morgan fingerprint density at radius 2 is 2.00 bits per heavy atom. The monoisotopic (exact) mass is 522 g/mol. The van der Waals surface area contributed by atoms with Gasteiger partial charge in [-0.15, -0.1) is 20.1 Å². The van der Waals surface area contributed by atoms with E-state index in [2.05, 4.69) is 29.5 Å². The molecule has 0 bridgehead atoms. The molecule has 2 aliphatic rings. The second-order valence-electron chi connectivity index (χ2n) is 8.77. The van der Waals surface area contributed by atoms with Gasteiger partial charge < -0.3 is 19.4 Å². The van der Waals surface area contributed by atoms with Crippen LogP contribution in [0.1, 0.15) is 12.8 Å². The maximum atomic E-state index is 13.5. The first-order valence-corrected chi connectivity index (χ1v) is 12.2. The SMILES string of the molecule is O=C(Cn1nc(-c2ccc3scnc3c2)c2nc[nH]c2c1=O)N(c1ccc2c(c1)OC(F)(F)O2)C1CC1. The molecule has 0 saturated heterocycles.